The van der Waals surface area contributed by atoms with Crippen molar-refractivity contribution in [3.05, 3.63) is 48.5 Å². The summed E-state index contributed by atoms with van der Waals surface area (Å²) in [5.74, 6) is 0.627. The van der Waals surface area contributed by atoms with Crippen LogP contribution in [0.3, 0.4) is 0 Å². The van der Waals surface area contributed by atoms with Gasteiger partial charge in [-0.15, -0.1) is 0 Å². The number of ether oxygens (including phenoxy) is 2. The van der Waals surface area contributed by atoms with E-state index < -0.39 is 0 Å². The molecule has 2 aromatic rings. The third-order valence-electron chi connectivity index (χ3n) is 5.99. The lowest BCUT2D eigenvalue weighted by Crippen LogP contribution is -2.16. The van der Waals surface area contributed by atoms with Crippen molar-refractivity contribution in [3.8, 4) is 22.6 Å². The SMILES string of the molecule is CCCCCCCCCCCC(=O)Oc1ccc(-c2ccc(OC(=O)C(C)CC)cc2)cc1. The van der Waals surface area contributed by atoms with E-state index in [1.54, 1.807) is 12.1 Å². The Morgan fingerprint density at radius 3 is 1.61 bits per heavy atom. The largest absolute Gasteiger partial charge is 0.427 e. The smallest absolute Gasteiger partial charge is 0.314 e. The molecular formula is C29H40O4. The molecule has 180 valence electrons. The summed E-state index contributed by atoms with van der Waals surface area (Å²) in [5, 5.41) is 0. The maximum Gasteiger partial charge on any atom is 0.314 e. The maximum atomic E-state index is 12.1. The lowest BCUT2D eigenvalue weighted by atomic mass is 10.1. The molecule has 0 aliphatic carbocycles. The molecular weight excluding hydrogens is 412 g/mol. The molecule has 0 aliphatic heterocycles. The second-order valence-electron chi connectivity index (χ2n) is 8.83. The van der Waals surface area contributed by atoms with Gasteiger partial charge in [0.15, 0.2) is 0 Å². The van der Waals surface area contributed by atoms with Crippen molar-refractivity contribution < 1.29 is 19.1 Å². The molecule has 0 heterocycles. The fraction of sp³-hybridized carbons (Fsp3) is 0.517. The van der Waals surface area contributed by atoms with E-state index in [4.69, 9.17) is 9.47 Å². The predicted molar refractivity (Wildman–Crippen MR) is 134 cm³/mol. The van der Waals surface area contributed by atoms with Crippen LogP contribution in [0.2, 0.25) is 0 Å². The molecule has 4 heteroatoms. The Balaban J connectivity index is 1.71. The van der Waals surface area contributed by atoms with Crippen LogP contribution in [0.4, 0.5) is 0 Å². The average Bonchev–Trinajstić information content (AvgIpc) is 2.83. The van der Waals surface area contributed by atoms with E-state index in [2.05, 4.69) is 6.92 Å². The molecule has 4 nitrogen and oxygen atoms in total. The molecule has 2 rings (SSSR count). The van der Waals surface area contributed by atoms with Crippen molar-refractivity contribution in [3.63, 3.8) is 0 Å². The van der Waals surface area contributed by atoms with Crippen LogP contribution in [0.25, 0.3) is 11.1 Å². The van der Waals surface area contributed by atoms with Gasteiger partial charge in [-0.05, 0) is 48.2 Å². The summed E-state index contributed by atoms with van der Waals surface area (Å²) in [4.78, 5) is 24.0. The number of hydrogen-bond acceptors (Lipinski definition) is 4. The zero-order valence-electron chi connectivity index (χ0n) is 20.6. The summed E-state index contributed by atoms with van der Waals surface area (Å²) in [5.41, 5.74) is 2.01. The molecule has 1 atom stereocenters. The van der Waals surface area contributed by atoms with Crippen LogP contribution < -0.4 is 9.47 Å². The van der Waals surface area contributed by atoms with Crippen LogP contribution in [-0.2, 0) is 9.59 Å². The highest BCUT2D eigenvalue weighted by Crippen LogP contribution is 2.25. The van der Waals surface area contributed by atoms with Gasteiger partial charge in [0.25, 0.3) is 0 Å². The molecule has 0 fully saturated rings. The van der Waals surface area contributed by atoms with Gasteiger partial charge < -0.3 is 9.47 Å². The first-order chi connectivity index (χ1) is 16.0. The zero-order chi connectivity index (χ0) is 23.9. The number of unbranched alkanes of at least 4 members (excludes halogenated alkanes) is 8. The van der Waals surface area contributed by atoms with E-state index in [0.29, 0.717) is 17.9 Å². The molecule has 0 saturated heterocycles. The summed E-state index contributed by atoms with van der Waals surface area (Å²) in [6.07, 6.45) is 12.3. The number of benzene rings is 2. The van der Waals surface area contributed by atoms with Crippen molar-refractivity contribution in [1.29, 1.82) is 0 Å². The second-order valence-corrected chi connectivity index (χ2v) is 8.83. The summed E-state index contributed by atoms with van der Waals surface area (Å²) < 4.78 is 10.9. The van der Waals surface area contributed by atoms with Crippen LogP contribution >= 0.6 is 0 Å². The van der Waals surface area contributed by atoms with Gasteiger partial charge in [-0.3, -0.25) is 9.59 Å². The summed E-state index contributed by atoms with van der Waals surface area (Å²) >= 11 is 0. The van der Waals surface area contributed by atoms with Crippen molar-refractivity contribution >= 4 is 11.9 Å². The van der Waals surface area contributed by atoms with Crippen LogP contribution in [0.1, 0.15) is 91.4 Å². The lowest BCUT2D eigenvalue weighted by molar-refractivity contribution is -0.138. The Morgan fingerprint density at radius 2 is 1.12 bits per heavy atom. The van der Waals surface area contributed by atoms with E-state index >= 15 is 0 Å². The van der Waals surface area contributed by atoms with Crippen molar-refractivity contribution in [2.45, 2.75) is 91.4 Å². The van der Waals surface area contributed by atoms with Crippen molar-refractivity contribution in [2.24, 2.45) is 5.92 Å². The average molecular weight is 453 g/mol. The number of esters is 2. The topological polar surface area (TPSA) is 52.6 Å². The van der Waals surface area contributed by atoms with Gasteiger partial charge in [0.05, 0.1) is 5.92 Å². The van der Waals surface area contributed by atoms with Gasteiger partial charge in [-0.2, -0.15) is 0 Å². The Kier molecular flexibility index (Phi) is 12.3. The Bertz CT molecular complexity index is 824. The maximum absolute atomic E-state index is 12.1. The number of carbonyl (C=O) groups excluding carboxylic acids is 2. The summed E-state index contributed by atoms with van der Waals surface area (Å²) in [6.45, 7) is 6.07. The molecule has 0 N–H and O–H groups in total. The van der Waals surface area contributed by atoms with Crippen LogP contribution in [0.5, 0.6) is 11.5 Å². The minimum absolute atomic E-state index is 0.111. The molecule has 33 heavy (non-hydrogen) atoms. The fourth-order valence-corrected chi connectivity index (χ4v) is 3.58. The van der Waals surface area contributed by atoms with E-state index in [0.717, 1.165) is 30.4 Å². The summed E-state index contributed by atoms with van der Waals surface area (Å²) in [7, 11) is 0. The molecule has 0 radical (unpaired) electrons. The molecule has 0 spiro atoms. The molecule has 0 aromatic heterocycles. The molecule has 0 saturated carbocycles. The molecule has 1 unspecified atom stereocenters. The van der Waals surface area contributed by atoms with Gasteiger partial charge >= 0.3 is 11.9 Å². The first-order valence-electron chi connectivity index (χ1n) is 12.7. The Morgan fingerprint density at radius 1 is 0.667 bits per heavy atom. The van der Waals surface area contributed by atoms with Gasteiger partial charge in [0.2, 0.25) is 0 Å². The van der Waals surface area contributed by atoms with E-state index in [9.17, 15) is 9.59 Å². The van der Waals surface area contributed by atoms with Gasteiger partial charge in [-0.1, -0.05) is 96.4 Å². The number of rotatable bonds is 15. The summed E-state index contributed by atoms with van der Waals surface area (Å²) in [6, 6.07) is 14.9. The first-order valence-corrected chi connectivity index (χ1v) is 12.7. The van der Waals surface area contributed by atoms with Crippen LogP contribution in [0, 0.1) is 5.92 Å². The van der Waals surface area contributed by atoms with Crippen molar-refractivity contribution in [1.82, 2.24) is 0 Å². The predicted octanol–water partition coefficient (Wildman–Crippen LogP) is 8.13. The minimum Gasteiger partial charge on any atom is -0.427 e. The third kappa shape index (κ3) is 10.2. The molecule has 0 bridgehead atoms. The fourth-order valence-electron chi connectivity index (χ4n) is 3.58. The first kappa shape index (κ1) is 26.6. The number of carbonyl (C=O) groups is 2. The Labute approximate surface area is 199 Å². The minimum atomic E-state index is -0.209. The quantitative estimate of drug-likeness (QED) is 0.155. The van der Waals surface area contributed by atoms with E-state index in [1.807, 2.05) is 50.2 Å². The number of hydrogen-bond donors (Lipinski definition) is 0. The van der Waals surface area contributed by atoms with Crippen molar-refractivity contribution in [2.75, 3.05) is 0 Å². The monoisotopic (exact) mass is 452 g/mol. The van der Waals surface area contributed by atoms with Crippen LogP contribution in [0.15, 0.2) is 48.5 Å². The van der Waals surface area contributed by atoms with Crippen LogP contribution in [-0.4, -0.2) is 11.9 Å². The molecule has 2 aromatic carbocycles. The highest BCUT2D eigenvalue weighted by atomic mass is 16.5. The zero-order valence-corrected chi connectivity index (χ0v) is 20.6. The van der Waals surface area contributed by atoms with Gasteiger partial charge in [0.1, 0.15) is 11.5 Å². The third-order valence-corrected chi connectivity index (χ3v) is 5.99. The molecule has 0 aliphatic rings. The lowest BCUT2D eigenvalue weighted by Gasteiger charge is -2.10. The van der Waals surface area contributed by atoms with Gasteiger partial charge in [0, 0.05) is 6.42 Å². The standard InChI is InChI=1S/C29H40O4/c1-4-6-7-8-9-10-11-12-13-14-28(30)32-26-19-15-24(16-20-26)25-17-21-27(22-18-25)33-29(31)23(3)5-2/h15-23H,4-14H2,1-3H3. The Hall–Kier alpha value is -2.62. The van der Waals surface area contributed by atoms with E-state index in [1.165, 1.54) is 44.9 Å². The highest BCUT2D eigenvalue weighted by molar-refractivity contribution is 5.75. The second kappa shape index (κ2) is 15.3. The molecule has 0 amide bonds. The normalized spacial score (nSPS) is 11.7. The van der Waals surface area contributed by atoms with E-state index in [-0.39, 0.29) is 17.9 Å². The van der Waals surface area contributed by atoms with Gasteiger partial charge in [-0.25, -0.2) is 0 Å². The highest BCUT2D eigenvalue weighted by Gasteiger charge is 2.13.